The van der Waals surface area contributed by atoms with E-state index in [2.05, 4.69) is 10.3 Å². The molecule has 0 radical (unpaired) electrons. The fourth-order valence-corrected chi connectivity index (χ4v) is 3.61. The van der Waals surface area contributed by atoms with Gasteiger partial charge in [-0.15, -0.1) is 11.3 Å². The lowest BCUT2D eigenvalue weighted by molar-refractivity contribution is -0.113. The number of aromatic nitrogens is 2. The second kappa shape index (κ2) is 6.33. The van der Waals surface area contributed by atoms with Crippen LogP contribution in [0.1, 0.15) is 16.1 Å². The van der Waals surface area contributed by atoms with Gasteiger partial charge >= 0.3 is 0 Å². The van der Waals surface area contributed by atoms with Crippen molar-refractivity contribution >= 4 is 45.9 Å². The number of carbonyl (C=O) groups excluding carboxylic acids is 2. The number of nitrogens with zero attached hydrogens (tertiary/aromatic N) is 2. The van der Waals surface area contributed by atoms with Crippen molar-refractivity contribution in [1.29, 1.82) is 0 Å². The van der Waals surface area contributed by atoms with Crippen LogP contribution in [0.15, 0.2) is 40.9 Å². The lowest BCUT2D eigenvalue weighted by Gasteiger charge is -2.05. The highest BCUT2D eigenvalue weighted by molar-refractivity contribution is 8.00. The number of nitrogens with one attached hydrogen (secondary N) is 1. The van der Waals surface area contributed by atoms with Crippen molar-refractivity contribution < 1.29 is 9.59 Å². The fourth-order valence-electron chi connectivity index (χ4n) is 2.05. The summed E-state index contributed by atoms with van der Waals surface area (Å²) < 4.78 is 1.73. The largest absolute Gasteiger partial charge is 0.325 e. The van der Waals surface area contributed by atoms with Crippen molar-refractivity contribution in [1.82, 2.24) is 9.38 Å². The molecule has 0 spiro atoms. The SMILES string of the molecule is Cc1cccc(NC(=O)CSc2nc3sccn3c2C=O)c1. The number of hydrogen-bond donors (Lipinski definition) is 1. The second-order valence-electron chi connectivity index (χ2n) is 4.68. The average Bonchev–Trinajstić information content (AvgIpc) is 3.05. The van der Waals surface area contributed by atoms with E-state index in [0.717, 1.165) is 22.5 Å². The summed E-state index contributed by atoms with van der Waals surface area (Å²) in [4.78, 5) is 28.3. The van der Waals surface area contributed by atoms with E-state index in [1.807, 2.05) is 36.6 Å². The van der Waals surface area contributed by atoms with E-state index in [-0.39, 0.29) is 11.7 Å². The molecule has 3 aromatic rings. The zero-order valence-corrected chi connectivity index (χ0v) is 13.4. The van der Waals surface area contributed by atoms with Gasteiger partial charge in [-0.25, -0.2) is 4.98 Å². The Balaban J connectivity index is 1.67. The average molecular weight is 331 g/mol. The van der Waals surface area contributed by atoms with Gasteiger partial charge in [0.15, 0.2) is 11.2 Å². The second-order valence-corrected chi connectivity index (χ2v) is 6.52. The van der Waals surface area contributed by atoms with Crippen LogP contribution in [0.3, 0.4) is 0 Å². The van der Waals surface area contributed by atoms with Crippen LogP contribution in [0.4, 0.5) is 5.69 Å². The third-order valence-corrected chi connectivity index (χ3v) is 4.76. The smallest absolute Gasteiger partial charge is 0.234 e. The van der Waals surface area contributed by atoms with Crippen LogP contribution in [-0.2, 0) is 4.79 Å². The molecule has 0 bridgehead atoms. The minimum atomic E-state index is -0.121. The Labute approximate surface area is 135 Å². The van der Waals surface area contributed by atoms with E-state index in [0.29, 0.717) is 10.7 Å². The molecule has 2 heterocycles. The zero-order valence-electron chi connectivity index (χ0n) is 11.8. The number of anilines is 1. The molecule has 3 rings (SSSR count). The minimum absolute atomic E-state index is 0.121. The summed E-state index contributed by atoms with van der Waals surface area (Å²) in [6.07, 6.45) is 2.57. The van der Waals surface area contributed by atoms with Crippen LogP contribution in [0.25, 0.3) is 4.96 Å². The van der Waals surface area contributed by atoms with Gasteiger partial charge in [-0.3, -0.25) is 14.0 Å². The third-order valence-electron chi connectivity index (χ3n) is 3.02. The van der Waals surface area contributed by atoms with E-state index in [1.54, 1.807) is 10.6 Å². The number of thioether (sulfide) groups is 1. The number of rotatable bonds is 5. The molecule has 0 unspecified atom stereocenters. The zero-order chi connectivity index (χ0) is 15.5. The van der Waals surface area contributed by atoms with Crippen molar-refractivity contribution in [3.8, 4) is 0 Å². The number of thiazole rings is 1. The number of carbonyl (C=O) groups is 2. The summed E-state index contributed by atoms with van der Waals surface area (Å²) in [5.41, 5.74) is 2.35. The van der Waals surface area contributed by atoms with E-state index in [9.17, 15) is 9.59 Å². The molecule has 22 heavy (non-hydrogen) atoms. The monoisotopic (exact) mass is 331 g/mol. The Morgan fingerprint density at radius 3 is 3.14 bits per heavy atom. The Morgan fingerprint density at radius 2 is 2.36 bits per heavy atom. The van der Waals surface area contributed by atoms with Crippen molar-refractivity contribution in [3.63, 3.8) is 0 Å². The number of imidazole rings is 1. The van der Waals surface area contributed by atoms with Crippen LogP contribution < -0.4 is 5.32 Å². The maximum Gasteiger partial charge on any atom is 0.234 e. The van der Waals surface area contributed by atoms with Crippen LogP contribution in [0, 0.1) is 6.92 Å². The summed E-state index contributed by atoms with van der Waals surface area (Å²) >= 11 is 2.72. The first kappa shape index (κ1) is 14.8. The maximum atomic E-state index is 12.0. The first-order chi connectivity index (χ1) is 10.7. The molecule has 0 aliphatic heterocycles. The standard InChI is InChI=1S/C15H13N3O2S2/c1-10-3-2-4-11(7-10)16-13(20)9-22-14-12(8-19)18-5-6-21-15(18)17-14/h2-8H,9H2,1H3,(H,16,20). The molecule has 0 fully saturated rings. The first-order valence-corrected chi connectivity index (χ1v) is 8.44. The van der Waals surface area contributed by atoms with Gasteiger partial charge in [0.2, 0.25) is 5.91 Å². The van der Waals surface area contributed by atoms with Crippen molar-refractivity contribution in [2.24, 2.45) is 0 Å². The summed E-state index contributed by atoms with van der Waals surface area (Å²) in [7, 11) is 0. The Bertz CT molecular complexity index is 838. The molecule has 5 nitrogen and oxygen atoms in total. The summed E-state index contributed by atoms with van der Waals surface area (Å²) in [5.74, 6) is 0.0865. The molecule has 1 amide bonds. The van der Waals surface area contributed by atoms with Crippen LogP contribution >= 0.6 is 23.1 Å². The number of fused-ring (bicyclic) bond motifs is 1. The number of benzene rings is 1. The van der Waals surface area contributed by atoms with E-state index < -0.39 is 0 Å². The fraction of sp³-hybridized carbons (Fsp3) is 0.133. The molecule has 1 aromatic carbocycles. The van der Waals surface area contributed by atoms with Crippen molar-refractivity contribution in [2.75, 3.05) is 11.1 Å². The van der Waals surface area contributed by atoms with Gasteiger partial charge in [-0.1, -0.05) is 23.9 Å². The number of amides is 1. The summed E-state index contributed by atoms with van der Waals surface area (Å²) in [6.45, 7) is 1.97. The molecule has 0 atom stereocenters. The predicted octanol–water partition coefficient (Wildman–Crippen LogP) is 3.25. The number of aldehydes is 1. The molecule has 1 N–H and O–H groups in total. The van der Waals surface area contributed by atoms with Crippen LogP contribution in [0.2, 0.25) is 0 Å². The number of hydrogen-bond acceptors (Lipinski definition) is 5. The molecule has 2 aromatic heterocycles. The predicted molar refractivity (Wildman–Crippen MR) is 89.0 cm³/mol. The lowest BCUT2D eigenvalue weighted by atomic mass is 10.2. The highest BCUT2D eigenvalue weighted by Gasteiger charge is 2.14. The van der Waals surface area contributed by atoms with Gasteiger partial charge < -0.3 is 5.32 Å². The molecular formula is C15H13N3O2S2. The number of aryl methyl sites for hydroxylation is 1. The minimum Gasteiger partial charge on any atom is -0.325 e. The first-order valence-electron chi connectivity index (χ1n) is 6.57. The van der Waals surface area contributed by atoms with Gasteiger partial charge in [0.1, 0.15) is 10.7 Å². The van der Waals surface area contributed by atoms with Gasteiger partial charge in [-0.05, 0) is 24.6 Å². The Hall–Kier alpha value is -2.12. The van der Waals surface area contributed by atoms with Gasteiger partial charge in [0.25, 0.3) is 0 Å². The molecule has 0 aliphatic carbocycles. The quantitative estimate of drug-likeness (QED) is 0.576. The van der Waals surface area contributed by atoms with Crippen LogP contribution in [-0.4, -0.2) is 27.3 Å². The maximum absolute atomic E-state index is 12.0. The van der Waals surface area contributed by atoms with Gasteiger partial charge in [-0.2, -0.15) is 0 Å². The topological polar surface area (TPSA) is 63.5 Å². The summed E-state index contributed by atoms with van der Waals surface area (Å²) in [5, 5.41) is 5.29. The van der Waals surface area contributed by atoms with Crippen molar-refractivity contribution in [3.05, 3.63) is 47.1 Å². The van der Waals surface area contributed by atoms with E-state index in [4.69, 9.17) is 0 Å². The molecular weight excluding hydrogens is 318 g/mol. The third kappa shape index (κ3) is 3.05. The normalized spacial score (nSPS) is 10.8. The molecule has 0 saturated carbocycles. The van der Waals surface area contributed by atoms with E-state index in [1.165, 1.54) is 23.1 Å². The molecule has 0 saturated heterocycles. The van der Waals surface area contributed by atoms with Crippen molar-refractivity contribution in [2.45, 2.75) is 11.9 Å². The van der Waals surface area contributed by atoms with Gasteiger partial charge in [0.05, 0.1) is 5.75 Å². The lowest BCUT2D eigenvalue weighted by Crippen LogP contribution is -2.14. The van der Waals surface area contributed by atoms with Crippen LogP contribution in [0.5, 0.6) is 0 Å². The highest BCUT2D eigenvalue weighted by atomic mass is 32.2. The Morgan fingerprint density at radius 1 is 1.50 bits per heavy atom. The molecule has 0 aliphatic rings. The molecule has 7 heteroatoms. The summed E-state index contributed by atoms with van der Waals surface area (Å²) in [6, 6.07) is 7.62. The highest BCUT2D eigenvalue weighted by Crippen LogP contribution is 2.25. The van der Waals surface area contributed by atoms with E-state index >= 15 is 0 Å². The van der Waals surface area contributed by atoms with Gasteiger partial charge in [0, 0.05) is 17.3 Å². The Kier molecular flexibility index (Phi) is 4.26. The molecule has 112 valence electrons.